The number of aromatic nitrogens is 1. The number of hydrogen-bond acceptors (Lipinski definition) is 2. The van der Waals surface area contributed by atoms with Crippen LogP contribution in [0.4, 0.5) is 0 Å². The summed E-state index contributed by atoms with van der Waals surface area (Å²) in [5.74, 6) is 1.32. The zero-order valence-corrected chi connectivity index (χ0v) is 19.9. The summed E-state index contributed by atoms with van der Waals surface area (Å²) in [5, 5.41) is 12.4. The molecule has 1 aromatic heterocycles. The molecule has 2 aromatic carbocycles. The summed E-state index contributed by atoms with van der Waals surface area (Å²) in [4.78, 5) is 1.52. The second kappa shape index (κ2) is 8.57. The number of hydrogen-bond donors (Lipinski definition) is 2. The molecule has 0 bridgehead atoms. The van der Waals surface area contributed by atoms with Gasteiger partial charge in [-0.3, -0.25) is 0 Å². The average molecular weight is 434 g/mol. The molecule has 1 aliphatic carbocycles. The fraction of sp³-hybridized carbons (Fsp3) is 0.500. The van der Waals surface area contributed by atoms with Crippen LogP contribution in [0.5, 0.6) is 5.75 Å². The van der Waals surface area contributed by atoms with Gasteiger partial charge in [0.25, 0.3) is 0 Å². The highest BCUT2D eigenvalue weighted by Crippen LogP contribution is 2.37. The number of nitrogens with one attached hydrogen (secondary N) is 1. The van der Waals surface area contributed by atoms with Crippen LogP contribution < -0.4 is 9.64 Å². The molecular formula is C28H37N2O2+. The van der Waals surface area contributed by atoms with Gasteiger partial charge in [-0.25, -0.2) is 0 Å². The van der Waals surface area contributed by atoms with Gasteiger partial charge in [-0.2, -0.15) is 0 Å². The Morgan fingerprint density at radius 2 is 1.91 bits per heavy atom. The lowest BCUT2D eigenvalue weighted by Gasteiger charge is -2.37. The first kappa shape index (κ1) is 21.5. The number of quaternary nitrogens is 1. The maximum absolute atomic E-state index is 10.9. The van der Waals surface area contributed by atoms with Crippen LogP contribution >= 0.6 is 0 Å². The van der Waals surface area contributed by atoms with Crippen LogP contribution in [0.2, 0.25) is 0 Å². The van der Waals surface area contributed by atoms with Gasteiger partial charge in [0.15, 0.2) is 0 Å². The minimum Gasteiger partial charge on any atom is -0.490 e. The van der Waals surface area contributed by atoms with Gasteiger partial charge in [0, 0.05) is 17.3 Å². The van der Waals surface area contributed by atoms with Crippen molar-refractivity contribution in [3.8, 4) is 5.75 Å². The molecule has 2 heterocycles. The Balaban J connectivity index is 1.33. The Kier molecular flexibility index (Phi) is 5.77. The zero-order chi connectivity index (χ0) is 22.4. The van der Waals surface area contributed by atoms with Crippen LogP contribution in [0.15, 0.2) is 36.4 Å². The molecule has 2 aliphatic rings. The molecule has 2 N–H and O–H groups in total. The predicted octanol–water partition coefficient (Wildman–Crippen LogP) is 4.10. The van der Waals surface area contributed by atoms with Crippen molar-refractivity contribution in [1.29, 1.82) is 0 Å². The van der Waals surface area contributed by atoms with Gasteiger partial charge in [0.05, 0.1) is 18.8 Å². The third-order valence-electron chi connectivity index (χ3n) is 7.49. The smallest absolute Gasteiger partial charge is 0.137 e. The lowest BCUT2D eigenvalue weighted by atomic mass is 9.89. The molecule has 3 atom stereocenters. The van der Waals surface area contributed by atoms with Gasteiger partial charge in [0.2, 0.25) is 0 Å². The van der Waals surface area contributed by atoms with E-state index in [9.17, 15) is 5.11 Å². The lowest BCUT2D eigenvalue weighted by molar-refractivity contribution is -0.939. The first-order chi connectivity index (χ1) is 15.4. The van der Waals surface area contributed by atoms with E-state index in [2.05, 4.69) is 68.7 Å². The number of aryl methyl sites for hydroxylation is 3. The van der Waals surface area contributed by atoms with Crippen molar-refractivity contribution in [2.45, 2.75) is 71.6 Å². The van der Waals surface area contributed by atoms with Crippen molar-refractivity contribution in [3.63, 3.8) is 0 Å². The van der Waals surface area contributed by atoms with Gasteiger partial charge in [-0.15, -0.1) is 0 Å². The largest absolute Gasteiger partial charge is 0.490 e. The molecule has 0 saturated carbocycles. The van der Waals surface area contributed by atoms with Crippen molar-refractivity contribution in [1.82, 2.24) is 4.57 Å². The van der Waals surface area contributed by atoms with Crippen LogP contribution in [-0.4, -0.2) is 35.5 Å². The van der Waals surface area contributed by atoms with E-state index in [0.29, 0.717) is 18.6 Å². The lowest BCUT2D eigenvalue weighted by Crippen LogP contribution is -3.14. The Morgan fingerprint density at radius 1 is 1.12 bits per heavy atom. The number of fused-ring (bicyclic) bond motifs is 3. The summed E-state index contributed by atoms with van der Waals surface area (Å²) in [5.41, 5.74) is 8.24. The van der Waals surface area contributed by atoms with Crippen molar-refractivity contribution in [2.75, 3.05) is 19.7 Å². The Bertz CT molecular complexity index is 1130. The van der Waals surface area contributed by atoms with E-state index >= 15 is 0 Å². The molecule has 1 unspecified atom stereocenters. The van der Waals surface area contributed by atoms with E-state index in [-0.39, 0.29) is 0 Å². The van der Waals surface area contributed by atoms with E-state index in [1.54, 1.807) is 5.56 Å². The zero-order valence-electron chi connectivity index (χ0n) is 19.9. The number of aliphatic hydroxyl groups is 1. The van der Waals surface area contributed by atoms with Crippen molar-refractivity contribution < 1.29 is 14.7 Å². The van der Waals surface area contributed by atoms with Crippen LogP contribution in [-0.2, 0) is 13.0 Å². The molecule has 0 saturated heterocycles. The van der Waals surface area contributed by atoms with Crippen molar-refractivity contribution in [3.05, 3.63) is 64.3 Å². The third kappa shape index (κ3) is 3.84. The molecule has 170 valence electrons. The normalized spacial score (nSPS) is 21.1. The van der Waals surface area contributed by atoms with E-state index in [1.807, 2.05) is 0 Å². The summed E-state index contributed by atoms with van der Waals surface area (Å²) in [6.45, 7) is 11.8. The fourth-order valence-corrected chi connectivity index (χ4v) is 5.94. The summed E-state index contributed by atoms with van der Waals surface area (Å²) in [7, 11) is 0. The van der Waals surface area contributed by atoms with Crippen LogP contribution in [0.3, 0.4) is 0 Å². The van der Waals surface area contributed by atoms with E-state index in [1.165, 1.54) is 57.4 Å². The first-order valence-electron chi connectivity index (χ1n) is 12.3. The summed E-state index contributed by atoms with van der Waals surface area (Å²) in [6, 6.07) is 13.8. The molecule has 0 amide bonds. The predicted molar refractivity (Wildman–Crippen MR) is 130 cm³/mol. The molecule has 4 nitrogen and oxygen atoms in total. The Morgan fingerprint density at radius 3 is 2.72 bits per heavy atom. The highest BCUT2D eigenvalue weighted by atomic mass is 16.5. The van der Waals surface area contributed by atoms with E-state index in [4.69, 9.17) is 4.74 Å². The van der Waals surface area contributed by atoms with Gasteiger partial charge in [0.1, 0.15) is 31.0 Å². The minimum absolute atomic E-state index is 0.356. The number of benzene rings is 2. The summed E-state index contributed by atoms with van der Waals surface area (Å²) in [6.07, 6.45) is 3.17. The molecule has 5 rings (SSSR count). The van der Waals surface area contributed by atoms with Gasteiger partial charge >= 0.3 is 0 Å². The van der Waals surface area contributed by atoms with Crippen LogP contribution in [0, 0.1) is 13.8 Å². The molecular weight excluding hydrogens is 396 g/mol. The molecule has 32 heavy (non-hydrogen) atoms. The first-order valence-corrected chi connectivity index (χ1v) is 12.3. The van der Waals surface area contributed by atoms with Crippen molar-refractivity contribution >= 4 is 10.9 Å². The van der Waals surface area contributed by atoms with Crippen molar-refractivity contribution in [2.24, 2.45) is 0 Å². The maximum Gasteiger partial charge on any atom is 0.137 e. The van der Waals surface area contributed by atoms with Gasteiger partial charge in [-0.05, 0) is 67.5 Å². The maximum atomic E-state index is 10.9. The number of rotatable bonds is 6. The number of aliphatic hydroxyl groups excluding tert-OH is 1. The third-order valence-corrected chi connectivity index (χ3v) is 7.49. The van der Waals surface area contributed by atoms with Gasteiger partial charge < -0.3 is 19.3 Å². The summed E-state index contributed by atoms with van der Waals surface area (Å²) >= 11 is 0. The highest BCUT2D eigenvalue weighted by molar-refractivity contribution is 5.86. The Labute approximate surface area is 191 Å². The number of nitrogens with zero attached hydrogens (tertiary/aromatic N) is 1. The molecule has 1 aliphatic heterocycles. The Hall–Kier alpha value is -2.30. The fourth-order valence-electron chi connectivity index (χ4n) is 5.94. The van der Waals surface area contributed by atoms with Gasteiger partial charge in [-0.1, -0.05) is 37.6 Å². The minimum atomic E-state index is -0.464. The number of ether oxygens (including phenoxy) is 1. The quantitative estimate of drug-likeness (QED) is 0.614. The molecule has 0 fully saturated rings. The molecule has 4 heteroatoms. The highest BCUT2D eigenvalue weighted by Gasteiger charge is 2.38. The second-order valence-corrected chi connectivity index (χ2v) is 10.3. The SMILES string of the molecule is Cc1ccc(C(C)C)c(OC[C@@H](O)C[NH+]2CCn3c4c(c5cc(C)ccc53)CCC[C@@H]42)c1. The molecule has 0 spiro atoms. The topological polar surface area (TPSA) is 38.8 Å². The van der Waals surface area contributed by atoms with Crippen LogP contribution in [0.1, 0.15) is 66.6 Å². The van der Waals surface area contributed by atoms with Crippen LogP contribution in [0.25, 0.3) is 10.9 Å². The van der Waals surface area contributed by atoms with E-state index < -0.39 is 6.10 Å². The average Bonchev–Trinajstić information content (AvgIpc) is 3.08. The summed E-state index contributed by atoms with van der Waals surface area (Å²) < 4.78 is 8.72. The second-order valence-electron chi connectivity index (χ2n) is 10.3. The molecule has 3 aromatic rings. The molecule has 0 radical (unpaired) electrons. The van der Waals surface area contributed by atoms with E-state index in [0.717, 1.165) is 25.4 Å². The monoisotopic (exact) mass is 433 g/mol. The standard InChI is InChI=1S/C28H36N2O2/c1-18(2)22-10-8-20(4)15-27(22)32-17-21(31)16-29-12-13-30-25-11-9-19(3)14-24(25)23-6-5-7-26(29)28(23)30/h8-11,14-15,18,21,26,31H,5-7,12-13,16-17H2,1-4H3/p+1/t21-,26-/m0/s1.